The summed E-state index contributed by atoms with van der Waals surface area (Å²) in [5.41, 5.74) is 0. The number of hydrogen-bond acceptors (Lipinski definition) is 1. The van der Waals surface area contributed by atoms with Crippen LogP contribution in [0, 0.1) is 0 Å². The first-order chi connectivity index (χ1) is 10.1. The Bertz CT molecular complexity index is 198. The first kappa shape index (κ1) is 24.2. The molecule has 0 spiro atoms. The fraction of sp³-hybridized carbons (Fsp3) is 1.00. The quantitative estimate of drug-likeness (QED) is 0.240. The second kappa shape index (κ2) is 17.3. The molecule has 0 radical (unpaired) electrons. The molecule has 22 heavy (non-hydrogen) atoms. The van der Waals surface area contributed by atoms with E-state index < -0.39 is 0 Å². The molecule has 136 valence electrons. The first-order valence-electron chi connectivity index (χ1n) is 9.86. The van der Waals surface area contributed by atoms with E-state index in [0.29, 0.717) is 0 Å². The van der Waals surface area contributed by atoms with E-state index in [4.69, 9.17) is 0 Å². The zero-order valence-corrected chi connectivity index (χ0v) is 16.2. The van der Waals surface area contributed by atoms with Crippen LogP contribution in [0.5, 0.6) is 0 Å². The molecule has 0 unspecified atom stereocenters. The third-order valence-electron chi connectivity index (χ3n) is 4.43. The van der Waals surface area contributed by atoms with Crippen LogP contribution in [0.1, 0.15) is 103 Å². The summed E-state index contributed by atoms with van der Waals surface area (Å²) in [5.74, 6) is 0. The molecule has 0 heterocycles. The largest absolute Gasteiger partial charge is 0.870 e. The Hall–Kier alpha value is -0.0800. The van der Waals surface area contributed by atoms with Crippen molar-refractivity contribution < 1.29 is 9.96 Å². The Morgan fingerprint density at radius 1 is 0.455 bits per heavy atom. The maximum Gasteiger partial charge on any atom is 0.0780 e. The monoisotopic (exact) mass is 315 g/mol. The summed E-state index contributed by atoms with van der Waals surface area (Å²) in [6.07, 6.45) is 21.9. The molecule has 2 nitrogen and oxygen atoms in total. The molecule has 0 aromatic carbocycles. The number of hydrogen-bond donors (Lipinski definition) is 0. The van der Waals surface area contributed by atoms with Crippen LogP contribution in [0.3, 0.4) is 0 Å². The second-order valence-corrected chi connectivity index (χ2v) is 7.96. The summed E-state index contributed by atoms with van der Waals surface area (Å²) >= 11 is 0. The second-order valence-electron chi connectivity index (χ2n) is 7.96. The van der Waals surface area contributed by atoms with Gasteiger partial charge in [-0.05, 0) is 12.8 Å². The molecule has 1 N–H and O–H groups in total. The van der Waals surface area contributed by atoms with Crippen molar-refractivity contribution in [3.63, 3.8) is 0 Å². The van der Waals surface area contributed by atoms with E-state index in [0.717, 1.165) is 4.48 Å². The lowest BCUT2D eigenvalue weighted by Crippen LogP contribution is -2.35. The Morgan fingerprint density at radius 3 is 1.00 bits per heavy atom. The fourth-order valence-corrected chi connectivity index (χ4v) is 2.96. The Balaban J connectivity index is 0. The Morgan fingerprint density at radius 2 is 0.727 bits per heavy atom. The van der Waals surface area contributed by atoms with Crippen molar-refractivity contribution in [1.82, 2.24) is 0 Å². The maximum atomic E-state index is 2.30. The van der Waals surface area contributed by atoms with Crippen molar-refractivity contribution in [1.29, 1.82) is 0 Å². The minimum Gasteiger partial charge on any atom is -0.870 e. The van der Waals surface area contributed by atoms with Crippen molar-refractivity contribution in [2.24, 2.45) is 0 Å². The van der Waals surface area contributed by atoms with E-state index in [2.05, 4.69) is 28.1 Å². The molecular weight excluding hydrogens is 270 g/mol. The molecule has 0 fully saturated rings. The molecule has 2 heteroatoms. The predicted molar refractivity (Wildman–Crippen MR) is 99.8 cm³/mol. The summed E-state index contributed by atoms with van der Waals surface area (Å²) < 4.78 is 1.12. The summed E-state index contributed by atoms with van der Waals surface area (Å²) in [5, 5.41) is 0. The minimum atomic E-state index is 0. The van der Waals surface area contributed by atoms with E-state index in [-0.39, 0.29) is 5.48 Å². The molecule has 0 saturated heterocycles. The molecule has 0 aromatic rings. The first-order valence-corrected chi connectivity index (χ1v) is 9.86. The average Bonchev–Trinajstić information content (AvgIpc) is 2.42. The third kappa shape index (κ3) is 22.2. The number of unbranched alkanes of at least 4 members (excludes halogenated alkanes) is 14. The number of nitrogens with zero attached hydrogens (tertiary/aromatic N) is 1. The van der Waals surface area contributed by atoms with E-state index in [1.807, 2.05) is 0 Å². The molecule has 0 rings (SSSR count). The smallest absolute Gasteiger partial charge is 0.0780 e. The van der Waals surface area contributed by atoms with Gasteiger partial charge in [-0.25, -0.2) is 0 Å². The van der Waals surface area contributed by atoms with Crippen molar-refractivity contribution >= 4 is 0 Å². The number of rotatable bonds is 16. The normalized spacial score (nSPS) is 11.5. The highest BCUT2D eigenvalue weighted by Gasteiger charge is 2.04. The van der Waals surface area contributed by atoms with Crippen molar-refractivity contribution in [2.45, 2.75) is 103 Å². The molecule has 0 bridgehead atoms. The third-order valence-corrected chi connectivity index (χ3v) is 4.43. The molecule has 0 aliphatic heterocycles. The fourth-order valence-electron chi connectivity index (χ4n) is 2.96. The topological polar surface area (TPSA) is 30.0 Å². The highest BCUT2D eigenvalue weighted by atomic mass is 16.0. The summed E-state index contributed by atoms with van der Waals surface area (Å²) in [7, 11) is 6.89. The van der Waals surface area contributed by atoms with Gasteiger partial charge in [0.1, 0.15) is 0 Å². The van der Waals surface area contributed by atoms with Crippen molar-refractivity contribution in [3.8, 4) is 0 Å². The Kier molecular flexibility index (Phi) is 19.0. The standard InChI is InChI=1S/C20H44N.H2O/c1-5-6-7-8-9-10-11-12-13-14-15-16-17-18-19-20-21(2,3)4;/h5-20H2,1-4H3;1H2/q+1;/p-1. The van der Waals surface area contributed by atoms with Gasteiger partial charge < -0.3 is 9.96 Å². The molecule has 0 aliphatic carbocycles. The molecule has 0 aliphatic rings. The van der Waals surface area contributed by atoms with Gasteiger partial charge in [0.25, 0.3) is 0 Å². The Labute approximate surface area is 141 Å². The molecule has 0 amide bonds. The van der Waals surface area contributed by atoms with Gasteiger partial charge in [-0.15, -0.1) is 0 Å². The maximum absolute atomic E-state index is 2.30. The van der Waals surface area contributed by atoms with Gasteiger partial charge in [0.05, 0.1) is 27.7 Å². The highest BCUT2D eigenvalue weighted by Crippen LogP contribution is 2.13. The van der Waals surface area contributed by atoms with E-state index in [1.54, 1.807) is 0 Å². The number of quaternary nitrogens is 1. The van der Waals surface area contributed by atoms with Gasteiger partial charge in [0.15, 0.2) is 0 Å². The van der Waals surface area contributed by atoms with Crippen LogP contribution in [-0.2, 0) is 0 Å². The van der Waals surface area contributed by atoms with Gasteiger partial charge in [0.2, 0.25) is 0 Å². The molecule has 0 saturated carbocycles. The lowest BCUT2D eigenvalue weighted by Gasteiger charge is -2.23. The van der Waals surface area contributed by atoms with Crippen LogP contribution in [0.15, 0.2) is 0 Å². The van der Waals surface area contributed by atoms with Crippen LogP contribution in [0.25, 0.3) is 0 Å². The van der Waals surface area contributed by atoms with Gasteiger partial charge >= 0.3 is 0 Å². The minimum absolute atomic E-state index is 0. The predicted octanol–water partition coefficient (Wildman–Crippen LogP) is 6.39. The van der Waals surface area contributed by atoms with Gasteiger partial charge in [-0.2, -0.15) is 0 Å². The summed E-state index contributed by atoms with van der Waals surface area (Å²) in [4.78, 5) is 0. The average molecular weight is 316 g/mol. The lowest BCUT2D eigenvalue weighted by atomic mass is 10.0. The summed E-state index contributed by atoms with van der Waals surface area (Å²) in [6.45, 7) is 3.63. The highest BCUT2D eigenvalue weighted by molar-refractivity contribution is 4.49. The van der Waals surface area contributed by atoms with Crippen LogP contribution >= 0.6 is 0 Å². The van der Waals surface area contributed by atoms with Gasteiger partial charge in [-0.3, -0.25) is 0 Å². The van der Waals surface area contributed by atoms with Gasteiger partial charge in [0, 0.05) is 0 Å². The van der Waals surface area contributed by atoms with E-state index in [1.165, 1.54) is 103 Å². The van der Waals surface area contributed by atoms with Crippen molar-refractivity contribution in [2.75, 3.05) is 27.7 Å². The van der Waals surface area contributed by atoms with Crippen LogP contribution in [-0.4, -0.2) is 37.6 Å². The zero-order valence-electron chi connectivity index (χ0n) is 16.2. The van der Waals surface area contributed by atoms with Crippen LogP contribution in [0.4, 0.5) is 0 Å². The van der Waals surface area contributed by atoms with E-state index >= 15 is 0 Å². The SMILES string of the molecule is CCCCCCCCCCCCCCCCC[N+](C)(C)C.[OH-]. The van der Waals surface area contributed by atoms with Crippen LogP contribution in [0.2, 0.25) is 0 Å². The van der Waals surface area contributed by atoms with Crippen LogP contribution < -0.4 is 0 Å². The molecule has 0 aromatic heterocycles. The molecular formula is C20H45NO. The van der Waals surface area contributed by atoms with Gasteiger partial charge in [-0.1, -0.05) is 90.4 Å². The van der Waals surface area contributed by atoms with Crippen molar-refractivity contribution in [3.05, 3.63) is 0 Å². The van der Waals surface area contributed by atoms with E-state index in [9.17, 15) is 0 Å². The molecule has 0 atom stereocenters. The zero-order chi connectivity index (χ0) is 15.8. The lowest BCUT2D eigenvalue weighted by molar-refractivity contribution is -0.870. The summed E-state index contributed by atoms with van der Waals surface area (Å²) in [6, 6.07) is 0.